The molecule has 27 heavy (non-hydrogen) atoms. The Hall–Kier alpha value is -2.50. The van der Waals surface area contributed by atoms with Crippen molar-refractivity contribution in [3.63, 3.8) is 0 Å². The molecule has 0 saturated heterocycles. The van der Waals surface area contributed by atoms with Crippen LogP contribution in [0.3, 0.4) is 0 Å². The number of para-hydroxylation sites is 2. The molecule has 0 aliphatic heterocycles. The van der Waals surface area contributed by atoms with Crippen LogP contribution in [0.4, 0.5) is 0 Å². The predicted octanol–water partition coefficient (Wildman–Crippen LogP) is 3.12. The predicted molar refractivity (Wildman–Crippen MR) is 101 cm³/mol. The summed E-state index contributed by atoms with van der Waals surface area (Å²) in [5.74, 6) is 1.22. The first-order valence-corrected chi connectivity index (χ1v) is 9.74. The van der Waals surface area contributed by atoms with Gasteiger partial charge in [0.1, 0.15) is 0 Å². The minimum atomic E-state index is -0.869. The number of aromatic nitrogens is 2. The van der Waals surface area contributed by atoms with Gasteiger partial charge in [-0.05, 0) is 63.0 Å². The lowest BCUT2D eigenvalue weighted by Crippen LogP contribution is -2.45. The number of nitrogens with zero attached hydrogens (tertiary/aromatic N) is 2. The molecule has 6 heteroatoms. The summed E-state index contributed by atoms with van der Waals surface area (Å²) in [7, 11) is 0. The molecular weight excluding hydrogens is 342 g/mol. The van der Waals surface area contributed by atoms with E-state index in [-0.39, 0.29) is 17.6 Å². The van der Waals surface area contributed by atoms with Gasteiger partial charge in [-0.3, -0.25) is 9.78 Å². The Morgan fingerprint density at radius 3 is 2.63 bits per heavy atom. The molecule has 0 unspecified atom stereocenters. The van der Waals surface area contributed by atoms with E-state index in [9.17, 15) is 9.59 Å². The summed E-state index contributed by atoms with van der Waals surface area (Å²) < 4.78 is 5.32. The number of carbonyl (C=O) groups excluding carboxylic acids is 2. The quantitative estimate of drug-likeness (QED) is 0.821. The van der Waals surface area contributed by atoms with E-state index in [4.69, 9.17) is 4.74 Å². The molecular formula is C21H25N3O3. The summed E-state index contributed by atoms with van der Waals surface area (Å²) in [6.07, 6.45) is 5.63. The number of fused-ring (bicyclic) bond motifs is 3. The molecule has 142 valence electrons. The summed E-state index contributed by atoms with van der Waals surface area (Å²) in [6.45, 7) is 3.65. The van der Waals surface area contributed by atoms with Crippen LogP contribution in [0.15, 0.2) is 30.5 Å². The SMILES string of the molecule is C[C@H](OC(=O)c1cnc2ccccc2n1)C(=O)N[C@@H](C)[C@H]1C[C@H]2CC[C@H]1C2. The van der Waals surface area contributed by atoms with Crippen molar-refractivity contribution in [2.45, 2.75) is 51.7 Å². The number of rotatable bonds is 5. The first kappa shape index (κ1) is 17.9. The normalized spacial score (nSPS) is 25.9. The zero-order valence-corrected chi connectivity index (χ0v) is 15.7. The Balaban J connectivity index is 1.35. The molecule has 2 aliphatic rings. The van der Waals surface area contributed by atoms with Gasteiger partial charge >= 0.3 is 5.97 Å². The first-order chi connectivity index (χ1) is 13.0. The van der Waals surface area contributed by atoms with E-state index in [0.29, 0.717) is 17.0 Å². The Labute approximate surface area is 158 Å². The molecule has 2 aromatic rings. The molecule has 4 rings (SSSR count). The third-order valence-electron chi connectivity index (χ3n) is 6.12. The summed E-state index contributed by atoms with van der Waals surface area (Å²) in [5, 5.41) is 3.04. The van der Waals surface area contributed by atoms with Crippen LogP contribution >= 0.6 is 0 Å². The molecule has 1 aromatic heterocycles. The van der Waals surface area contributed by atoms with Crippen LogP contribution in [0, 0.1) is 17.8 Å². The van der Waals surface area contributed by atoms with E-state index in [0.717, 1.165) is 11.8 Å². The lowest BCUT2D eigenvalue weighted by atomic mass is 9.84. The molecule has 2 aliphatic carbocycles. The third kappa shape index (κ3) is 3.66. The Bertz CT molecular complexity index is 869. The maximum atomic E-state index is 12.5. The highest BCUT2D eigenvalue weighted by atomic mass is 16.5. The number of carbonyl (C=O) groups is 2. The second kappa shape index (κ2) is 7.25. The lowest BCUT2D eigenvalue weighted by molar-refractivity contribution is -0.130. The second-order valence-corrected chi connectivity index (χ2v) is 7.93. The lowest BCUT2D eigenvalue weighted by Gasteiger charge is -2.29. The van der Waals surface area contributed by atoms with E-state index in [1.807, 2.05) is 18.2 Å². The number of hydrogen-bond acceptors (Lipinski definition) is 5. The van der Waals surface area contributed by atoms with Gasteiger partial charge in [0.25, 0.3) is 5.91 Å². The molecule has 1 amide bonds. The highest BCUT2D eigenvalue weighted by Gasteiger charge is 2.42. The number of benzene rings is 1. The molecule has 2 bridgehead atoms. The molecule has 1 aromatic carbocycles. The van der Waals surface area contributed by atoms with Crippen molar-refractivity contribution in [2.75, 3.05) is 0 Å². The molecule has 6 nitrogen and oxygen atoms in total. The van der Waals surface area contributed by atoms with Crippen LogP contribution in [-0.4, -0.2) is 34.0 Å². The summed E-state index contributed by atoms with van der Waals surface area (Å²) in [5.41, 5.74) is 1.43. The van der Waals surface area contributed by atoms with Crippen molar-refractivity contribution in [1.82, 2.24) is 15.3 Å². The summed E-state index contributed by atoms with van der Waals surface area (Å²) in [4.78, 5) is 33.3. The zero-order chi connectivity index (χ0) is 19.0. The minimum Gasteiger partial charge on any atom is -0.448 e. The fourth-order valence-electron chi connectivity index (χ4n) is 4.69. The second-order valence-electron chi connectivity index (χ2n) is 7.93. The topological polar surface area (TPSA) is 81.2 Å². The van der Waals surface area contributed by atoms with Gasteiger partial charge in [-0.2, -0.15) is 0 Å². The highest BCUT2D eigenvalue weighted by molar-refractivity contribution is 5.92. The Morgan fingerprint density at radius 2 is 1.93 bits per heavy atom. The van der Waals surface area contributed by atoms with Gasteiger partial charge in [0, 0.05) is 6.04 Å². The smallest absolute Gasteiger partial charge is 0.359 e. The monoisotopic (exact) mass is 367 g/mol. The van der Waals surface area contributed by atoms with Gasteiger partial charge in [0.05, 0.1) is 17.2 Å². The third-order valence-corrected chi connectivity index (χ3v) is 6.12. The summed E-state index contributed by atoms with van der Waals surface area (Å²) >= 11 is 0. The molecule has 2 fully saturated rings. The van der Waals surface area contributed by atoms with E-state index < -0.39 is 12.1 Å². The number of ether oxygens (including phenoxy) is 1. The van der Waals surface area contributed by atoms with Crippen molar-refractivity contribution >= 4 is 22.9 Å². The zero-order valence-electron chi connectivity index (χ0n) is 15.7. The number of hydrogen-bond donors (Lipinski definition) is 1. The standard InChI is InChI=1S/C21H25N3O3/c1-12(16-10-14-7-8-15(16)9-14)23-20(25)13(2)27-21(26)19-11-22-17-5-3-4-6-18(17)24-19/h3-6,11-16H,7-10H2,1-2H3,(H,23,25)/t12-,13-,14-,15-,16+/m0/s1. The molecule has 1 N–H and O–H groups in total. The Morgan fingerprint density at radius 1 is 1.15 bits per heavy atom. The van der Waals surface area contributed by atoms with Crippen LogP contribution in [0.25, 0.3) is 11.0 Å². The molecule has 0 spiro atoms. The van der Waals surface area contributed by atoms with E-state index in [1.54, 1.807) is 13.0 Å². The van der Waals surface area contributed by atoms with Crippen LogP contribution < -0.4 is 5.32 Å². The number of esters is 1. The van der Waals surface area contributed by atoms with Crippen molar-refractivity contribution < 1.29 is 14.3 Å². The van der Waals surface area contributed by atoms with Crippen LogP contribution in [0.1, 0.15) is 50.0 Å². The van der Waals surface area contributed by atoms with E-state index in [1.165, 1.54) is 31.9 Å². The largest absolute Gasteiger partial charge is 0.448 e. The minimum absolute atomic E-state index is 0.106. The van der Waals surface area contributed by atoms with Crippen molar-refractivity contribution in [3.05, 3.63) is 36.2 Å². The van der Waals surface area contributed by atoms with Gasteiger partial charge in [-0.15, -0.1) is 0 Å². The molecule has 2 saturated carbocycles. The molecule has 1 heterocycles. The molecule has 0 radical (unpaired) electrons. The maximum Gasteiger partial charge on any atom is 0.359 e. The van der Waals surface area contributed by atoms with Crippen molar-refractivity contribution in [2.24, 2.45) is 17.8 Å². The number of amides is 1. The van der Waals surface area contributed by atoms with Gasteiger partial charge in [-0.25, -0.2) is 9.78 Å². The average Bonchev–Trinajstić information content (AvgIpc) is 3.31. The van der Waals surface area contributed by atoms with Crippen molar-refractivity contribution in [3.8, 4) is 0 Å². The van der Waals surface area contributed by atoms with Crippen LogP contribution in [-0.2, 0) is 9.53 Å². The number of nitrogens with one attached hydrogen (secondary N) is 1. The first-order valence-electron chi connectivity index (χ1n) is 9.74. The van der Waals surface area contributed by atoms with E-state index >= 15 is 0 Å². The van der Waals surface area contributed by atoms with Gasteiger partial charge in [-0.1, -0.05) is 18.6 Å². The van der Waals surface area contributed by atoms with Gasteiger partial charge in [0.2, 0.25) is 0 Å². The fourth-order valence-corrected chi connectivity index (χ4v) is 4.69. The van der Waals surface area contributed by atoms with E-state index in [2.05, 4.69) is 22.2 Å². The van der Waals surface area contributed by atoms with Crippen molar-refractivity contribution in [1.29, 1.82) is 0 Å². The Kier molecular flexibility index (Phi) is 4.81. The fraction of sp³-hybridized carbons (Fsp3) is 0.524. The highest BCUT2D eigenvalue weighted by Crippen LogP contribution is 2.49. The van der Waals surface area contributed by atoms with Gasteiger partial charge in [0.15, 0.2) is 11.8 Å². The maximum absolute atomic E-state index is 12.5. The van der Waals surface area contributed by atoms with Gasteiger partial charge < -0.3 is 10.1 Å². The molecule has 5 atom stereocenters. The average molecular weight is 367 g/mol. The summed E-state index contributed by atoms with van der Waals surface area (Å²) in [6, 6.07) is 7.41. The van der Waals surface area contributed by atoms with Crippen LogP contribution in [0.2, 0.25) is 0 Å². The van der Waals surface area contributed by atoms with Crippen LogP contribution in [0.5, 0.6) is 0 Å².